The molecule has 0 heterocycles. The number of hydrogen-bond donors (Lipinski definition) is 1. The lowest BCUT2D eigenvalue weighted by molar-refractivity contribution is -0.138. The summed E-state index contributed by atoms with van der Waals surface area (Å²) in [6.07, 6.45) is -8.95. The average Bonchev–Trinajstić information content (AvgIpc) is 2.67. The maximum atomic E-state index is 12.1. The lowest BCUT2D eigenvalue weighted by atomic mass is 10.2. The lowest BCUT2D eigenvalue weighted by Crippen LogP contribution is -2.08. The molecule has 30 heavy (non-hydrogen) atoms. The van der Waals surface area contributed by atoms with Gasteiger partial charge in [-0.2, -0.15) is 26.3 Å². The van der Waals surface area contributed by atoms with Gasteiger partial charge in [-0.25, -0.2) is 16.8 Å². The Bertz CT molecular complexity index is 958. The van der Waals surface area contributed by atoms with Crippen molar-refractivity contribution in [2.24, 2.45) is 0 Å². The van der Waals surface area contributed by atoms with Gasteiger partial charge in [0.05, 0.1) is 20.9 Å². The van der Waals surface area contributed by atoms with Gasteiger partial charge in [-0.3, -0.25) is 0 Å². The number of aliphatic hydroxyl groups excluding tert-OH is 1. The van der Waals surface area contributed by atoms with Crippen LogP contribution in [0, 0.1) is 0 Å². The van der Waals surface area contributed by atoms with Crippen molar-refractivity contribution in [2.75, 3.05) is 10.6 Å². The summed E-state index contributed by atoms with van der Waals surface area (Å²) in [4.78, 5) is -0.467. The fourth-order valence-electron chi connectivity index (χ4n) is 1.84. The van der Waals surface area contributed by atoms with E-state index >= 15 is 0 Å². The standard InChI is InChI=1S/C8H6BrF3O2S.C8H7F3O3S/c9-5-15(13,14)7-3-1-6(2-4-7)8(10,11)12;9-8(10,11)6-1-3-7(4-2-6)15(13,14)5-12/h1-4H,5H2;1-4,12H,5H2. The summed E-state index contributed by atoms with van der Waals surface area (Å²) < 4.78 is 117. The molecule has 0 aliphatic carbocycles. The highest BCUT2D eigenvalue weighted by Gasteiger charge is 2.31. The van der Waals surface area contributed by atoms with E-state index < -0.39 is 49.1 Å². The Morgan fingerprint density at radius 1 is 0.667 bits per heavy atom. The summed E-state index contributed by atoms with van der Waals surface area (Å²) in [6.45, 7) is 0. The number of benzene rings is 2. The predicted molar refractivity (Wildman–Crippen MR) is 98.1 cm³/mol. The van der Waals surface area contributed by atoms with Gasteiger partial charge >= 0.3 is 12.4 Å². The van der Waals surface area contributed by atoms with E-state index in [2.05, 4.69) is 15.9 Å². The molecule has 168 valence electrons. The molecule has 5 nitrogen and oxygen atoms in total. The molecule has 0 amide bonds. The Morgan fingerprint density at radius 3 is 1.20 bits per heavy atom. The molecule has 0 aromatic heterocycles. The van der Waals surface area contributed by atoms with E-state index in [0.29, 0.717) is 12.1 Å². The van der Waals surface area contributed by atoms with Crippen LogP contribution >= 0.6 is 15.9 Å². The van der Waals surface area contributed by atoms with Crippen molar-refractivity contribution in [1.82, 2.24) is 0 Å². The third kappa shape index (κ3) is 7.25. The van der Waals surface area contributed by atoms with E-state index in [1.807, 2.05) is 0 Å². The van der Waals surface area contributed by atoms with Gasteiger partial charge in [0.2, 0.25) is 9.84 Å². The minimum atomic E-state index is -4.50. The summed E-state index contributed by atoms with van der Waals surface area (Å²) in [5.41, 5.74) is -1.80. The van der Waals surface area contributed by atoms with Crippen molar-refractivity contribution < 1.29 is 48.3 Å². The van der Waals surface area contributed by atoms with Crippen LogP contribution in [0.15, 0.2) is 58.3 Å². The quantitative estimate of drug-likeness (QED) is 0.460. The average molecular weight is 543 g/mol. The van der Waals surface area contributed by atoms with Gasteiger partial charge in [0.25, 0.3) is 0 Å². The minimum Gasteiger partial charge on any atom is -0.380 e. The number of aliphatic hydroxyl groups is 1. The van der Waals surface area contributed by atoms with Crippen LogP contribution in [-0.4, -0.2) is 32.5 Å². The predicted octanol–water partition coefficient (Wildman–Crippen LogP) is 4.26. The summed E-state index contributed by atoms with van der Waals surface area (Å²) in [7, 11) is -7.38. The molecule has 0 saturated heterocycles. The number of rotatable bonds is 4. The lowest BCUT2D eigenvalue weighted by Gasteiger charge is -2.07. The smallest absolute Gasteiger partial charge is 0.380 e. The van der Waals surface area contributed by atoms with Crippen LogP contribution in [-0.2, 0) is 32.0 Å². The van der Waals surface area contributed by atoms with Crippen LogP contribution in [0.1, 0.15) is 11.1 Å². The summed E-state index contributed by atoms with van der Waals surface area (Å²) in [5, 5.41) is 8.47. The van der Waals surface area contributed by atoms with E-state index in [0.717, 1.165) is 36.4 Å². The Morgan fingerprint density at radius 2 is 0.967 bits per heavy atom. The molecular weight excluding hydrogens is 530 g/mol. The highest BCUT2D eigenvalue weighted by atomic mass is 79.9. The van der Waals surface area contributed by atoms with E-state index in [1.54, 1.807) is 0 Å². The molecule has 0 aliphatic heterocycles. The topological polar surface area (TPSA) is 88.5 Å². The summed E-state index contributed by atoms with van der Waals surface area (Å²) >= 11 is 2.76. The molecule has 2 rings (SSSR count). The molecule has 14 heteroatoms. The normalized spacial score (nSPS) is 12.8. The van der Waals surface area contributed by atoms with Gasteiger partial charge in [-0.05, 0) is 48.5 Å². The van der Waals surface area contributed by atoms with Crippen LogP contribution in [0.5, 0.6) is 0 Å². The first-order chi connectivity index (χ1) is 13.5. The maximum Gasteiger partial charge on any atom is 0.416 e. The van der Waals surface area contributed by atoms with Crippen molar-refractivity contribution >= 4 is 35.6 Å². The Kier molecular flexibility index (Phi) is 8.50. The first kappa shape index (κ1) is 26.4. The molecular formula is C16H13BrF6O5S2. The summed E-state index contributed by atoms with van der Waals surface area (Å²) in [6, 6.07) is 6.32. The van der Waals surface area contributed by atoms with Gasteiger partial charge in [0.15, 0.2) is 9.84 Å². The second kappa shape index (κ2) is 9.66. The number of sulfone groups is 2. The number of hydrogen-bond acceptors (Lipinski definition) is 5. The Balaban J connectivity index is 0.000000300. The van der Waals surface area contributed by atoms with E-state index in [1.165, 1.54) is 0 Å². The monoisotopic (exact) mass is 542 g/mol. The van der Waals surface area contributed by atoms with Gasteiger partial charge in [-0.15, -0.1) is 0 Å². The first-order valence-corrected chi connectivity index (χ1v) is 11.9. The maximum absolute atomic E-state index is 12.1. The minimum absolute atomic E-state index is 0.132. The first-order valence-electron chi connectivity index (χ1n) is 7.51. The number of halogens is 7. The van der Waals surface area contributed by atoms with Crippen molar-refractivity contribution in [3.05, 3.63) is 59.7 Å². The van der Waals surface area contributed by atoms with Gasteiger partial charge in [0.1, 0.15) is 10.6 Å². The molecule has 0 unspecified atom stereocenters. The third-order valence-corrected chi connectivity index (χ3v) is 7.81. The van der Waals surface area contributed by atoms with Crippen LogP contribution in [0.25, 0.3) is 0 Å². The summed E-state index contributed by atoms with van der Waals surface area (Å²) in [5.74, 6) is -1.13. The molecule has 2 aromatic carbocycles. The fourth-order valence-corrected chi connectivity index (χ4v) is 4.01. The zero-order chi connectivity index (χ0) is 23.4. The van der Waals surface area contributed by atoms with Gasteiger partial charge < -0.3 is 5.11 Å². The Labute approximate surface area is 176 Å². The fraction of sp³-hybridized carbons (Fsp3) is 0.250. The van der Waals surface area contributed by atoms with Crippen molar-refractivity contribution in [3.63, 3.8) is 0 Å². The van der Waals surface area contributed by atoms with E-state index in [9.17, 15) is 43.2 Å². The van der Waals surface area contributed by atoms with Gasteiger partial charge in [-0.1, -0.05) is 15.9 Å². The molecule has 0 atom stereocenters. The highest BCUT2D eigenvalue weighted by molar-refractivity contribution is 9.10. The zero-order valence-electron chi connectivity index (χ0n) is 14.6. The van der Waals surface area contributed by atoms with E-state index in [-0.39, 0.29) is 14.5 Å². The largest absolute Gasteiger partial charge is 0.416 e. The molecule has 0 bridgehead atoms. The van der Waals surface area contributed by atoms with Gasteiger partial charge in [0, 0.05) is 0 Å². The molecule has 0 spiro atoms. The highest BCUT2D eigenvalue weighted by Crippen LogP contribution is 2.30. The molecule has 0 saturated carbocycles. The number of alkyl halides is 7. The van der Waals surface area contributed by atoms with Crippen molar-refractivity contribution in [1.29, 1.82) is 0 Å². The SMILES string of the molecule is O=S(=O)(CBr)c1ccc(C(F)(F)F)cc1.O=S(=O)(CO)c1ccc(C(F)(F)F)cc1. The molecule has 2 aromatic rings. The second-order valence-corrected chi connectivity index (χ2v) is 10.8. The van der Waals surface area contributed by atoms with Crippen LogP contribution in [0.2, 0.25) is 0 Å². The van der Waals surface area contributed by atoms with E-state index in [4.69, 9.17) is 5.11 Å². The molecule has 0 aliphatic rings. The van der Waals surface area contributed by atoms with Crippen molar-refractivity contribution in [3.8, 4) is 0 Å². The zero-order valence-corrected chi connectivity index (χ0v) is 17.8. The van der Waals surface area contributed by atoms with Crippen molar-refractivity contribution in [2.45, 2.75) is 22.1 Å². The Hall–Kier alpha value is -1.64. The van der Waals surface area contributed by atoms with Crippen LogP contribution in [0.3, 0.4) is 0 Å². The van der Waals surface area contributed by atoms with Crippen LogP contribution in [0.4, 0.5) is 26.3 Å². The van der Waals surface area contributed by atoms with Crippen LogP contribution < -0.4 is 0 Å². The molecule has 0 radical (unpaired) electrons. The third-order valence-electron chi connectivity index (χ3n) is 3.40. The molecule has 1 N–H and O–H groups in total. The second-order valence-electron chi connectivity index (χ2n) is 5.51. The molecule has 0 fully saturated rings.